The summed E-state index contributed by atoms with van der Waals surface area (Å²) in [5.74, 6) is 0. The van der Waals surface area contributed by atoms with Crippen LogP contribution in [0.1, 0.15) is 12.0 Å². The molecule has 98 valence electrons. The van der Waals surface area contributed by atoms with E-state index in [1.165, 1.54) is 0 Å². The topological polar surface area (TPSA) is 67.8 Å². The molecule has 5 nitrogen and oxygen atoms in total. The number of carbonyl (C=O) groups is 1. The van der Waals surface area contributed by atoms with Crippen LogP contribution in [0.4, 0.5) is 4.79 Å². The zero-order chi connectivity index (χ0) is 12.8. The molecule has 1 aromatic rings. The molecule has 0 aromatic heterocycles. The van der Waals surface area contributed by atoms with Crippen molar-refractivity contribution in [1.29, 1.82) is 0 Å². The molecule has 0 saturated carbocycles. The molecule has 0 spiro atoms. The smallest absolute Gasteiger partial charge is 0.407 e. The molecule has 0 bridgehead atoms. The molecule has 5 heteroatoms. The Balaban J connectivity index is 1.72. The lowest BCUT2D eigenvalue weighted by Crippen LogP contribution is -2.45. The van der Waals surface area contributed by atoms with Crippen molar-refractivity contribution < 1.29 is 19.4 Å². The highest BCUT2D eigenvalue weighted by atomic mass is 16.5. The van der Waals surface area contributed by atoms with Crippen molar-refractivity contribution in [1.82, 2.24) is 5.32 Å². The SMILES string of the molecule is O=C(NC1COC[C@H](O)C1)OCc1ccccc1. The number of aliphatic hydroxyl groups is 1. The van der Waals surface area contributed by atoms with Crippen LogP contribution < -0.4 is 5.32 Å². The van der Waals surface area contributed by atoms with Crippen molar-refractivity contribution in [2.24, 2.45) is 0 Å². The van der Waals surface area contributed by atoms with E-state index in [9.17, 15) is 9.90 Å². The van der Waals surface area contributed by atoms with Crippen LogP contribution in [0.5, 0.6) is 0 Å². The summed E-state index contributed by atoms with van der Waals surface area (Å²) in [4.78, 5) is 11.5. The van der Waals surface area contributed by atoms with Gasteiger partial charge in [-0.1, -0.05) is 30.3 Å². The summed E-state index contributed by atoms with van der Waals surface area (Å²) in [6.45, 7) is 0.984. The molecular formula is C13H17NO4. The minimum absolute atomic E-state index is 0.183. The summed E-state index contributed by atoms with van der Waals surface area (Å²) < 4.78 is 10.2. The van der Waals surface area contributed by atoms with Crippen molar-refractivity contribution in [2.75, 3.05) is 13.2 Å². The van der Waals surface area contributed by atoms with Gasteiger partial charge >= 0.3 is 6.09 Å². The average molecular weight is 251 g/mol. The third kappa shape index (κ3) is 4.01. The molecule has 2 N–H and O–H groups in total. The number of benzene rings is 1. The van der Waals surface area contributed by atoms with Gasteiger partial charge in [0.05, 0.1) is 25.4 Å². The fourth-order valence-electron chi connectivity index (χ4n) is 1.84. The monoisotopic (exact) mass is 251 g/mol. The number of aliphatic hydroxyl groups excluding tert-OH is 1. The lowest BCUT2D eigenvalue weighted by molar-refractivity contribution is -0.0228. The summed E-state index contributed by atoms with van der Waals surface area (Å²) in [5, 5.41) is 12.1. The Morgan fingerprint density at radius 1 is 1.39 bits per heavy atom. The van der Waals surface area contributed by atoms with Crippen LogP contribution in [-0.4, -0.2) is 36.6 Å². The van der Waals surface area contributed by atoms with Gasteiger partial charge in [-0.3, -0.25) is 0 Å². The number of nitrogens with one attached hydrogen (secondary N) is 1. The molecule has 2 rings (SSSR count). The van der Waals surface area contributed by atoms with E-state index in [4.69, 9.17) is 9.47 Å². The van der Waals surface area contributed by atoms with Crippen LogP contribution in [0.15, 0.2) is 30.3 Å². The first-order valence-electron chi connectivity index (χ1n) is 5.97. The largest absolute Gasteiger partial charge is 0.445 e. The van der Waals surface area contributed by atoms with Gasteiger partial charge in [0.25, 0.3) is 0 Å². The third-order valence-corrected chi connectivity index (χ3v) is 2.72. The zero-order valence-corrected chi connectivity index (χ0v) is 10.0. The minimum Gasteiger partial charge on any atom is -0.445 e. The predicted octanol–water partition coefficient (Wildman–Crippen LogP) is 1.06. The molecule has 0 radical (unpaired) electrons. The highest BCUT2D eigenvalue weighted by Crippen LogP contribution is 2.07. The van der Waals surface area contributed by atoms with E-state index in [1.54, 1.807) is 0 Å². The lowest BCUT2D eigenvalue weighted by atomic mass is 10.1. The minimum atomic E-state index is -0.516. The van der Waals surface area contributed by atoms with Gasteiger partial charge in [-0.2, -0.15) is 0 Å². The van der Waals surface area contributed by atoms with Gasteiger partial charge in [0.2, 0.25) is 0 Å². The first kappa shape index (κ1) is 12.9. The molecule has 1 heterocycles. The van der Waals surface area contributed by atoms with Crippen LogP contribution in [0, 0.1) is 0 Å². The van der Waals surface area contributed by atoms with Crippen molar-refractivity contribution in [3.05, 3.63) is 35.9 Å². The van der Waals surface area contributed by atoms with E-state index in [2.05, 4.69) is 5.32 Å². The molecular weight excluding hydrogens is 234 g/mol. The Labute approximate surface area is 106 Å². The van der Waals surface area contributed by atoms with Gasteiger partial charge in [0.15, 0.2) is 0 Å². The standard InChI is InChI=1S/C13H17NO4/c15-12-6-11(8-17-9-12)14-13(16)18-7-10-4-2-1-3-5-10/h1-5,11-12,15H,6-9H2,(H,14,16)/t11?,12-/m1/s1. The second kappa shape index (κ2) is 6.37. The summed E-state index contributed by atoms with van der Waals surface area (Å²) in [5.41, 5.74) is 0.938. The van der Waals surface area contributed by atoms with Crippen molar-refractivity contribution in [2.45, 2.75) is 25.2 Å². The maximum atomic E-state index is 11.5. The maximum absolute atomic E-state index is 11.5. The molecule has 2 atom stereocenters. The van der Waals surface area contributed by atoms with Crippen LogP contribution in [0.3, 0.4) is 0 Å². The summed E-state index contributed by atoms with van der Waals surface area (Å²) >= 11 is 0. The number of carbonyl (C=O) groups excluding carboxylic acids is 1. The number of rotatable bonds is 3. The van der Waals surface area contributed by atoms with Crippen molar-refractivity contribution >= 4 is 6.09 Å². The van der Waals surface area contributed by atoms with Crippen LogP contribution >= 0.6 is 0 Å². The molecule has 1 aliphatic heterocycles. The maximum Gasteiger partial charge on any atom is 0.407 e. The highest BCUT2D eigenvalue weighted by Gasteiger charge is 2.22. The van der Waals surface area contributed by atoms with Gasteiger partial charge < -0.3 is 19.9 Å². The molecule has 1 unspecified atom stereocenters. The van der Waals surface area contributed by atoms with Gasteiger partial charge in [-0.05, 0) is 12.0 Å². The van der Waals surface area contributed by atoms with E-state index in [0.29, 0.717) is 19.6 Å². The second-order valence-electron chi connectivity index (χ2n) is 4.33. The fourth-order valence-corrected chi connectivity index (χ4v) is 1.84. The van der Waals surface area contributed by atoms with E-state index in [1.807, 2.05) is 30.3 Å². The Morgan fingerprint density at radius 3 is 2.89 bits per heavy atom. The van der Waals surface area contributed by atoms with Crippen LogP contribution in [0.2, 0.25) is 0 Å². The molecule has 18 heavy (non-hydrogen) atoms. The fraction of sp³-hybridized carbons (Fsp3) is 0.462. The summed E-state index contributed by atoms with van der Waals surface area (Å²) in [6, 6.07) is 9.28. The van der Waals surface area contributed by atoms with E-state index < -0.39 is 12.2 Å². The zero-order valence-electron chi connectivity index (χ0n) is 10.0. The van der Waals surface area contributed by atoms with Crippen molar-refractivity contribution in [3.8, 4) is 0 Å². The first-order valence-corrected chi connectivity index (χ1v) is 5.97. The Bertz CT molecular complexity index is 382. The molecule has 1 amide bonds. The van der Waals surface area contributed by atoms with Gasteiger partial charge in [0, 0.05) is 0 Å². The molecule has 1 aromatic carbocycles. The normalized spacial score (nSPS) is 23.4. The molecule has 1 aliphatic rings. The predicted molar refractivity (Wildman–Crippen MR) is 65.0 cm³/mol. The van der Waals surface area contributed by atoms with E-state index in [-0.39, 0.29) is 12.6 Å². The van der Waals surface area contributed by atoms with Gasteiger partial charge in [0.1, 0.15) is 6.61 Å². The third-order valence-electron chi connectivity index (χ3n) is 2.72. The number of alkyl carbamates (subject to hydrolysis) is 1. The lowest BCUT2D eigenvalue weighted by Gasteiger charge is -2.26. The quantitative estimate of drug-likeness (QED) is 0.843. The van der Waals surface area contributed by atoms with E-state index in [0.717, 1.165) is 5.56 Å². The average Bonchev–Trinajstić information content (AvgIpc) is 2.38. The number of hydrogen-bond acceptors (Lipinski definition) is 4. The Hall–Kier alpha value is -1.59. The first-order chi connectivity index (χ1) is 8.74. The highest BCUT2D eigenvalue weighted by molar-refractivity contribution is 5.67. The van der Waals surface area contributed by atoms with Gasteiger partial charge in [-0.15, -0.1) is 0 Å². The van der Waals surface area contributed by atoms with Crippen molar-refractivity contribution in [3.63, 3.8) is 0 Å². The van der Waals surface area contributed by atoms with E-state index >= 15 is 0 Å². The number of amides is 1. The summed E-state index contributed by atoms with van der Waals surface area (Å²) in [7, 11) is 0. The Kier molecular flexibility index (Phi) is 4.55. The van der Waals surface area contributed by atoms with Crippen LogP contribution in [0.25, 0.3) is 0 Å². The second-order valence-corrected chi connectivity index (χ2v) is 4.33. The molecule has 1 fully saturated rings. The summed E-state index contributed by atoms with van der Waals surface area (Å²) in [6.07, 6.45) is -0.500. The van der Waals surface area contributed by atoms with Crippen LogP contribution in [-0.2, 0) is 16.1 Å². The number of ether oxygens (including phenoxy) is 2. The number of hydrogen-bond donors (Lipinski definition) is 2. The van der Waals surface area contributed by atoms with Gasteiger partial charge in [-0.25, -0.2) is 4.79 Å². The Morgan fingerprint density at radius 2 is 2.17 bits per heavy atom. The molecule has 1 saturated heterocycles. The molecule has 0 aliphatic carbocycles.